The van der Waals surface area contributed by atoms with Gasteiger partial charge in [0.25, 0.3) is 0 Å². The first-order chi connectivity index (χ1) is 17.0. The lowest BCUT2D eigenvalue weighted by Crippen LogP contribution is -2.38. The molecule has 2 aromatic carbocycles. The molecule has 35 heavy (non-hydrogen) atoms. The van der Waals surface area contributed by atoms with Crippen molar-refractivity contribution in [3.05, 3.63) is 77.5 Å². The number of carbonyl (C=O) groups is 2. The first-order valence-corrected chi connectivity index (χ1v) is 12.4. The fraction of sp³-hybridized carbons (Fsp3) is 0.379. The van der Waals surface area contributed by atoms with Crippen LogP contribution in [0.1, 0.15) is 44.2 Å². The maximum absolute atomic E-state index is 12.4. The highest BCUT2D eigenvalue weighted by molar-refractivity contribution is 5.97. The quantitative estimate of drug-likeness (QED) is 0.295. The molecule has 3 aromatic rings. The van der Waals surface area contributed by atoms with E-state index in [0.29, 0.717) is 24.7 Å². The monoisotopic (exact) mass is 474 g/mol. The SMILES string of the molecule is CCOC(=O)/C(C)=C/c1cn(CCC2CCN(C(=O)OCc3ccccc3)CC2)c2ccccc12. The number of piperidine rings is 1. The number of nitrogens with zero attached hydrogens (tertiary/aromatic N) is 2. The molecule has 0 saturated carbocycles. The van der Waals surface area contributed by atoms with E-state index in [-0.39, 0.29) is 12.1 Å². The Morgan fingerprint density at radius 1 is 1.00 bits per heavy atom. The van der Waals surface area contributed by atoms with E-state index < -0.39 is 0 Å². The predicted molar refractivity (Wildman–Crippen MR) is 138 cm³/mol. The Bertz CT molecular complexity index is 1170. The van der Waals surface area contributed by atoms with Gasteiger partial charge in [-0.2, -0.15) is 0 Å². The molecule has 184 valence electrons. The molecule has 6 heteroatoms. The highest BCUT2D eigenvalue weighted by atomic mass is 16.6. The van der Waals surface area contributed by atoms with Gasteiger partial charge >= 0.3 is 12.1 Å². The summed E-state index contributed by atoms with van der Waals surface area (Å²) in [6, 6.07) is 18.1. The van der Waals surface area contributed by atoms with Crippen LogP contribution in [-0.2, 0) is 27.4 Å². The summed E-state index contributed by atoms with van der Waals surface area (Å²) in [5.74, 6) is 0.285. The zero-order chi connectivity index (χ0) is 24.6. The van der Waals surface area contributed by atoms with Gasteiger partial charge in [0.05, 0.1) is 6.61 Å². The second-order valence-corrected chi connectivity index (χ2v) is 9.10. The molecule has 1 saturated heterocycles. The molecule has 0 radical (unpaired) electrons. The number of fused-ring (bicyclic) bond motifs is 1. The average molecular weight is 475 g/mol. The number of aryl methyl sites for hydroxylation is 1. The first-order valence-electron chi connectivity index (χ1n) is 12.4. The number of likely N-dealkylation sites (tertiary alicyclic amines) is 1. The Labute approximate surface area is 207 Å². The molecule has 0 N–H and O–H groups in total. The summed E-state index contributed by atoms with van der Waals surface area (Å²) in [4.78, 5) is 26.3. The lowest BCUT2D eigenvalue weighted by molar-refractivity contribution is -0.138. The maximum atomic E-state index is 12.4. The van der Waals surface area contributed by atoms with Crippen LogP contribution in [0.15, 0.2) is 66.4 Å². The van der Waals surface area contributed by atoms with Gasteiger partial charge in [0, 0.05) is 47.9 Å². The van der Waals surface area contributed by atoms with Crippen LogP contribution in [-0.4, -0.2) is 41.2 Å². The summed E-state index contributed by atoms with van der Waals surface area (Å²) >= 11 is 0. The van der Waals surface area contributed by atoms with Crippen molar-refractivity contribution >= 4 is 29.0 Å². The van der Waals surface area contributed by atoms with Gasteiger partial charge < -0.3 is 18.9 Å². The normalized spacial score (nSPS) is 14.8. The Balaban J connectivity index is 1.32. The van der Waals surface area contributed by atoms with Gasteiger partial charge in [-0.05, 0) is 56.7 Å². The van der Waals surface area contributed by atoms with Gasteiger partial charge in [0.15, 0.2) is 0 Å². The third kappa shape index (κ3) is 6.32. The number of hydrogen-bond donors (Lipinski definition) is 0. The molecule has 0 unspecified atom stereocenters. The summed E-state index contributed by atoms with van der Waals surface area (Å²) in [7, 11) is 0. The van der Waals surface area contributed by atoms with Crippen LogP contribution in [0, 0.1) is 5.92 Å². The highest BCUT2D eigenvalue weighted by Crippen LogP contribution is 2.27. The zero-order valence-electron chi connectivity index (χ0n) is 20.6. The van der Waals surface area contributed by atoms with E-state index in [1.165, 1.54) is 0 Å². The average Bonchev–Trinajstić information content (AvgIpc) is 3.24. The first kappa shape index (κ1) is 24.6. The fourth-order valence-corrected chi connectivity index (χ4v) is 4.65. The van der Waals surface area contributed by atoms with Gasteiger partial charge in [0.2, 0.25) is 0 Å². The van der Waals surface area contributed by atoms with Crippen molar-refractivity contribution in [2.45, 2.75) is 46.3 Å². The summed E-state index contributed by atoms with van der Waals surface area (Å²) in [6.45, 7) is 6.66. The molecule has 6 nitrogen and oxygen atoms in total. The smallest absolute Gasteiger partial charge is 0.410 e. The summed E-state index contributed by atoms with van der Waals surface area (Å²) in [6.07, 6.45) is 6.82. The number of ether oxygens (including phenoxy) is 2. The zero-order valence-corrected chi connectivity index (χ0v) is 20.6. The Morgan fingerprint density at radius 3 is 2.46 bits per heavy atom. The minimum atomic E-state index is -0.279. The minimum absolute atomic E-state index is 0.225. The van der Waals surface area contributed by atoms with Gasteiger partial charge in [-0.3, -0.25) is 0 Å². The van der Waals surface area contributed by atoms with Crippen LogP contribution in [0.3, 0.4) is 0 Å². The van der Waals surface area contributed by atoms with E-state index in [1.54, 1.807) is 6.92 Å². The lowest BCUT2D eigenvalue weighted by atomic mass is 9.94. The van der Waals surface area contributed by atoms with Gasteiger partial charge in [0.1, 0.15) is 6.61 Å². The number of rotatable bonds is 8. The maximum Gasteiger partial charge on any atom is 0.410 e. The van der Waals surface area contributed by atoms with E-state index in [9.17, 15) is 9.59 Å². The molecule has 4 rings (SSSR count). The highest BCUT2D eigenvalue weighted by Gasteiger charge is 2.24. The lowest BCUT2D eigenvalue weighted by Gasteiger charge is -2.31. The van der Waals surface area contributed by atoms with E-state index in [0.717, 1.165) is 60.9 Å². The number of amides is 1. The van der Waals surface area contributed by atoms with E-state index in [1.807, 2.05) is 60.4 Å². The third-order valence-corrected chi connectivity index (χ3v) is 6.64. The molecule has 0 atom stereocenters. The number of aromatic nitrogens is 1. The number of esters is 1. The number of hydrogen-bond acceptors (Lipinski definition) is 4. The van der Waals surface area contributed by atoms with Crippen molar-refractivity contribution in [2.24, 2.45) is 5.92 Å². The molecular weight excluding hydrogens is 440 g/mol. The summed E-state index contributed by atoms with van der Waals surface area (Å²) in [5.41, 5.74) is 3.79. The van der Waals surface area contributed by atoms with Gasteiger partial charge in [-0.1, -0.05) is 48.5 Å². The number of para-hydroxylation sites is 1. The Morgan fingerprint density at radius 2 is 1.71 bits per heavy atom. The summed E-state index contributed by atoms with van der Waals surface area (Å²) < 4.78 is 12.9. The van der Waals surface area contributed by atoms with E-state index in [2.05, 4.69) is 22.9 Å². The van der Waals surface area contributed by atoms with Crippen LogP contribution in [0.25, 0.3) is 17.0 Å². The minimum Gasteiger partial charge on any atom is -0.463 e. The largest absolute Gasteiger partial charge is 0.463 e. The molecule has 0 spiro atoms. The Hall–Kier alpha value is -3.54. The number of carbonyl (C=O) groups excluding carboxylic acids is 2. The molecule has 1 amide bonds. The van der Waals surface area contributed by atoms with Crippen molar-refractivity contribution in [3.63, 3.8) is 0 Å². The topological polar surface area (TPSA) is 60.8 Å². The molecule has 1 aromatic heterocycles. The standard InChI is InChI=1S/C29H34N2O4/c1-3-34-28(32)22(2)19-25-20-31(27-12-8-7-11-26(25)27)18-15-23-13-16-30(17-14-23)29(33)35-21-24-9-5-4-6-10-24/h4-12,19-20,23H,3,13-18,21H2,1-2H3/b22-19+. The van der Waals surface area contributed by atoms with Crippen molar-refractivity contribution in [2.75, 3.05) is 19.7 Å². The molecule has 1 fully saturated rings. The summed E-state index contributed by atoms with van der Waals surface area (Å²) in [5, 5.41) is 1.13. The molecule has 2 heterocycles. The molecule has 1 aliphatic rings. The van der Waals surface area contributed by atoms with Crippen molar-refractivity contribution in [1.29, 1.82) is 0 Å². The molecular formula is C29H34N2O4. The second kappa shape index (κ2) is 11.7. The van der Waals surface area contributed by atoms with Crippen molar-refractivity contribution in [3.8, 4) is 0 Å². The molecule has 0 aliphatic carbocycles. The van der Waals surface area contributed by atoms with Crippen LogP contribution in [0.2, 0.25) is 0 Å². The van der Waals surface area contributed by atoms with Crippen LogP contribution in [0.4, 0.5) is 4.79 Å². The van der Waals surface area contributed by atoms with Crippen molar-refractivity contribution in [1.82, 2.24) is 9.47 Å². The second-order valence-electron chi connectivity index (χ2n) is 9.10. The van der Waals surface area contributed by atoms with Gasteiger partial charge in [-0.15, -0.1) is 0 Å². The van der Waals surface area contributed by atoms with Crippen LogP contribution < -0.4 is 0 Å². The molecule has 0 bridgehead atoms. The van der Waals surface area contributed by atoms with Crippen LogP contribution >= 0.6 is 0 Å². The van der Waals surface area contributed by atoms with Gasteiger partial charge in [-0.25, -0.2) is 9.59 Å². The van der Waals surface area contributed by atoms with Crippen molar-refractivity contribution < 1.29 is 19.1 Å². The van der Waals surface area contributed by atoms with E-state index >= 15 is 0 Å². The molecule has 1 aliphatic heterocycles. The van der Waals surface area contributed by atoms with Crippen LogP contribution in [0.5, 0.6) is 0 Å². The third-order valence-electron chi connectivity index (χ3n) is 6.64. The predicted octanol–water partition coefficient (Wildman–Crippen LogP) is 6.05. The number of benzene rings is 2. The van der Waals surface area contributed by atoms with E-state index in [4.69, 9.17) is 9.47 Å². The Kier molecular flexibility index (Phi) is 8.24. The fourth-order valence-electron chi connectivity index (χ4n) is 4.65.